The van der Waals surface area contributed by atoms with Crippen LogP contribution >= 0.6 is 34.5 Å². The molecule has 9 heteroatoms. The Bertz CT molecular complexity index is 752. The summed E-state index contributed by atoms with van der Waals surface area (Å²) >= 11 is 13.2. The van der Waals surface area contributed by atoms with E-state index >= 15 is 0 Å². The largest absolute Gasteiger partial charge is 0.398 e. The highest BCUT2D eigenvalue weighted by atomic mass is 35.5. The zero-order valence-corrected chi connectivity index (χ0v) is 14.4. The van der Waals surface area contributed by atoms with Crippen molar-refractivity contribution in [2.75, 3.05) is 12.8 Å². The number of aromatic nitrogens is 1. The van der Waals surface area contributed by atoms with E-state index in [1.807, 2.05) is 12.3 Å². The van der Waals surface area contributed by atoms with Crippen LogP contribution in [0.4, 0.5) is 5.69 Å². The van der Waals surface area contributed by atoms with Crippen LogP contribution in [-0.4, -0.2) is 24.8 Å². The third-order valence-electron chi connectivity index (χ3n) is 2.76. The minimum Gasteiger partial charge on any atom is -0.398 e. The Morgan fingerprint density at radius 2 is 2.05 bits per heavy atom. The van der Waals surface area contributed by atoms with E-state index in [2.05, 4.69) is 4.98 Å². The van der Waals surface area contributed by atoms with Gasteiger partial charge in [0, 0.05) is 17.5 Å². The molecule has 0 radical (unpaired) electrons. The van der Waals surface area contributed by atoms with Crippen LogP contribution in [0.15, 0.2) is 22.4 Å². The van der Waals surface area contributed by atoms with Gasteiger partial charge in [-0.2, -0.15) is 4.31 Å². The van der Waals surface area contributed by atoms with Crippen LogP contribution in [0, 0.1) is 6.92 Å². The molecular weight excluding hydrogens is 353 g/mol. The fourth-order valence-corrected chi connectivity index (χ4v) is 4.48. The number of rotatable bonds is 4. The van der Waals surface area contributed by atoms with Crippen molar-refractivity contribution in [3.8, 4) is 0 Å². The smallest absolute Gasteiger partial charge is 0.246 e. The van der Waals surface area contributed by atoms with Crippen LogP contribution in [0.5, 0.6) is 0 Å². The molecular formula is C12H13Cl2N3O2S2. The predicted octanol–water partition coefficient (Wildman–Crippen LogP) is 3.16. The molecule has 1 aromatic heterocycles. The number of sulfonamides is 1. The quantitative estimate of drug-likeness (QED) is 0.844. The fourth-order valence-electron chi connectivity index (χ4n) is 1.80. The molecule has 5 nitrogen and oxygen atoms in total. The van der Waals surface area contributed by atoms with Crippen LogP contribution in [0.2, 0.25) is 10.0 Å². The lowest BCUT2D eigenvalue weighted by Gasteiger charge is -2.18. The normalized spacial score (nSPS) is 12.0. The summed E-state index contributed by atoms with van der Waals surface area (Å²) in [6, 6.07) is 2.72. The van der Waals surface area contributed by atoms with E-state index in [1.54, 1.807) is 0 Å². The zero-order valence-electron chi connectivity index (χ0n) is 11.3. The lowest BCUT2D eigenvalue weighted by molar-refractivity contribution is 0.463. The Morgan fingerprint density at radius 1 is 1.38 bits per heavy atom. The number of thiazole rings is 1. The van der Waals surface area contributed by atoms with Crippen molar-refractivity contribution < 1.29 is 8.42 Å². The maximum atomic E-state index is 12.6. The molecule has 0 saturated heterocycles. The molecule has 1 aromatic carbocycles. The molecule has 2 aromatic rings. The van der Waals surface area contributed by atoms with Gasteiger partial charge in [0.15, 0.2) is 0 Å². The summed E-state index contributed by atoms with van der Waals surface area (Å²) in [7, 11) is -2.37. The highest BCUT2D eigenvalue weighted by molar-refractivity contribution is 7.89. The van der Waals surface area contributed by atoms with Gasteiger partial charge in [-0.25, -0.2) is 13.4 Å². The van der Waals surface area contributed by atoms with Crippen molar-refractivity contribution in [2.24, 2.45) is 0 Å². The summed E-state index contributed by atoms with van der Waals surface area (Å²) in [6.07, 6.45) is 0. The molecule has 2 N–H and O–H groups in total. The first kappa shape index (κ1) is 16.5. The predicted molar refractivity (Wildman–Crippen MR) is 86.4 cm³/mol. The van der Waals surface area contributed by atoms with Gasteiger partial charge >= 0.3 is 0 Å². The molecule has 0 amide bonds. The SMILES string of the molecule is Cc1nc(CN(C)S(=O)(=O)c2c(N)cc(Cl)cc2Cl)cs1. The molecule has 0 saturated carbocycles. The average Bonchev–Trinajstić information content (AvgIpc) is 2.72. The Labute approximate surface area is 137 Å². The van der Waals surface area contributed by atoms with Gasteiger partial charge in [0.25, 0.3) is 0 Å². The lowest BCUT2D eigenvalue weighted by Crippen LogP contribution is -2.27. The summed E-state index contributed by atoms with van der Waals surface area (Å²) in [5.41, 5.74) is 6.45. The van der Waals surface area contributed by atoms with E-state index in [1.165, 1.54) is 30.5 Å². The summed E-state index contributed by atoms with van der Waals surface area (Å²) in [5, 5.41) is 2.98. The second kappa shape index (κ2) is 6.10. The number of anilines is 1. The van der Waals surface area contributed by atoms with Crippen LogP contribution in [0.1, 0.15) is 10.7 Å². The Morgan fingerprint density at radius 3 is 2.57 bits per heavy atom. The van der Waals surface area contributed by atoms with E-state index < -0.39 is 10.0 Å². The van der Waals surface area contributed by atoms with Crippen molar-refractivity contribution in [2.45, 2.75) is 18.4 Å². The summed E-state index contributed by atoms with van der Waals surface area (Å²) in [6.45, 7) is 2.00. The molecule has 0 fully saturated rings. The third kappa shape index (κ3) is 3.49. The average molecular weight is 366 g/mol. The summed E-state index contributed by atoms with van der Waals surface area (Å²) < 4.78 is 26.3. The number of halogens is 2. The van der Waals surface area contributed by atoms with Gasteiger partial charge < -0.3 is 5.73 Å². The molecule has 1 heterocycles. The van der Waals surface area contributed by atoms with Crippen LogP contribution in [0.3, 0.4) is 0 Å². The van der Waals surface area contributed by atoms with E-state index in [-0.39, 0.29) is 27.2 Å². The number of nitrogens with zero attached hydrogens (tertiary/aromatic N) is 2. The van der Waals surface area contributed by atoms with Crippen LogP contribution < -0.4 is 5.73 Å². The van der Waals surface area contributed by atoms with E-state index in [0.717, 1.165) is 9.31 Å². The minimum atomic E-state index is -3.82. The second-order valence-corrected chi connectivity index (χ2v) is 8.31. The van der Waals surface area contributed by atoms with Gasteiger partial charge in [-0.1, -0.05) is 23.2 Å². The molecule has 0 unspecified atom stereocenters. The molecule has 0 spiro atoms. The van der Waals surface area contributed by atoms with Crippen molar-refractivity contribution in [3.05, 3.63) is 38.3 Å². The van der Waals surface area contributed by atoms with Gasteiger partial charge in [0.2, 0.25) is 10.0 Å². The number of nitrogen functional groups attached to an aromatic ring is 1. The number of nitrogens with two attached hydrogens (primary N) is 1. The first-order chi connectivity index (χ1) is 9.71. The first-order valence-corrected chi connectivity index (χ1v) is 8.91. The van der Waals surface area contributed by atoms with E-state index in [0.29, 0.717) is 5.69 Å². The highest BCUT2D eigenvalue weighted by Crippen LogP contribution is 2.33. The van der Waals surface area contributed by atoms with E-state index in [9.17, 15) is 8.42 Å². The number of hydrogen-bond donors (Lipinski definition) is 1. The Kier molecular flexibility index (Phi) is 4.79. The summed E-state index contributed by atoms with van der Waals surface area (Å²) in [5.74, 6) is 0. The Balaban J connectivity index is 2.38. The molecule has 114 valence electrons. The monoisotopic (exact) mass is 365 g/mol. The molecule has 0 bridgehead atoms. The van der Waals surface area contributed by atoms with Gasteiger partial charge in [0.05, 0.1) is 28.0 Å². The minimum absolute atomic E-state index is 0.00121. The zero-order chi connectivity index (χ0) is 15.8. The molecule has 0 aliphatic heterocycles. The van der Waals surface area contributed by atoms with Gasteiger partial charge in [-0.05, 0) is 19.1 Å². The first-order valence-electron chi connectivity index (χ1n) is 5.83. The van der Waals surface area contributed by atoms with Gasteiger partial charge in [-0.3, -0.25) is 0 Å². The van der Waals surface area contributed by atoms with Crippen molar-refractivity contribution in [3.63, 3.8) is 0 Å². The molecule has 0 atom stereocenters. The summed E-state index contributed by atoms with van der Waals surface area (Å²) in [4.78, 5) is 4.11. The van der Waals surface area contributed by atoms with E-state index in [4.69, 9.17) is 28.9 Å². The number of aryl methyl sites for hydroxylation is 1. The molecule has 0 aliphatic rings. The Hall–Kier alpha value is -0.860. The maximum absolute atomic E-state index is 12.6. The number of hydrogen-bond acceptors (Lipinski definition) is 5. The molecule has 21 heavy (non-hydrogen) atoms. The maximum Gasteiger partial charge on any atom is 0.246 e. The second-order valence-electron chi connectivity index (χ2n) is 4.42. The van der Waals surface area contributed by atoms with Gasteiger partial charge in [0.1, 0.15) is 4.90 Å². The fraction of sp³-hybridized carbons (Fsp3) is 0.250. The van der Waals surface area contributed by atoms with Crippen molar-refractivity contribution >= 4 is 50.2 Å². The van der Waals surface area contributed by atoms with Crippen molar-refractivity contribution in [1.82, 2.24) is 9.29 Å². The standard InChI is InChI=1S/C12H13Cl2N3O2S2/c1-7-16-9(6-20-7)5-17(2)21(18,19)12-10(14)3-8(13)4-11(12)15/h3-4,6H,5,15H2,1-2H3. The van der Waals surface area contributed by atoms with Crippen molar-refractivity contribution in [1.29, 1.82) is 0 Å². The number of benzene rings is 1. The van der Waals surface area contributed by atoms with Gasteiger partial charge in [-0.15, -0.1) is 11.3 Å². The highest BCUT2D eigenvalue weighted by Gasteiger charge is 2.27. The molecule has 0 aliphatic carbocycles. The molecule has 2 rings (SSSR count). The van der Waals surface area contributed by atoms with Crippen LogP contribution in [-0.2, 0) is 16.6 Å². The van der Waals surface area contributed by atoms with Crippen LogP contribution in [0.25, 0.3) is 0 Å². The lowest BCUT2D eigenvalue weighted by atomic mass is 10.3. The third-order valence-corrected chi connectivity index (χ3v) is 6.13. The topological polar surface area (TPSA) is 76.3 Å².